The Labute approximate surface area is 142 Å². The van der Waals surface area contributed by atoms with Crippen molar-refractivity contribution in [3.63, 3.8) is 0 Å². The van der Waals surface area contributed by atoms with Crippen molar-refractivity contribution in [3.8, 4) is 0 Å². The molecule has 0 atom stereocenters. The van der Waals surface area contributed by atoms with Crippen LogP contribution in [0.1, 0.15) is 61.9 Å². The van der Waals surface area contributed by atoms with Crippen LogP contribution in [0.3, 0.4) is 0 Å². The van der Waals surface area contributed by atoms with E-state index in [2.05, 4.69) is 46.6 Å². The van der Waals surface area contributed by atoms with Crippen LogP contribution >= 0.6 is 0 Å². The van der Waals surface area contributed by atoms with Gasteiger partial charge < -0.3 is 9.84 Å². The Balaban J connectivity index is 1.61. The minimum absolute atomic E-state index is 0.0546. The molecule has 1 amide bonds. The van der Waals surface area contributed by atoms with E-state index >= 15 is 0 Å². The summed E-state index contributed by atoms with van der Waals surface area (Å²) in [4.78, 5) is 16.8. The molecule has 0 aliphatic heterocycles. The minimum atomic E-state index is -0.444. The van der Waals surface area contributed by atoms with E-state index in [0.29, 0.717) is 18.1 Å². The van der Waals surface area contributed by atoms with Crippen molar-refractivity contribution in [2.24, 2.45) is 0 Å². The lowest BCUT2D eigenvalue weighted by molar-refractivity contribution is -0.123. The van der Waals surface area contributed by atoms with Crippen molar-refractivity contribution in [3.05, 3.63) is 47.1 Å². The molecule has 0 radical (unpaired) electrons. The second kappa shape index (κ2) is 7.16. The largest absolute Gasteiger partial charge is 0.343 e. The number of rotatable bonds is 6. The van der Waals surface area contributed by atoms with Crippen molar-refractivity contribution < 1.29 is 9.32 Å². The first-order valence-corrected chi connectivity index (χ1v) is 8.81. The first-order valence-electron chi connectivity index (χ1n) is 8.81. The Kier molecular flexibility index (Phi) is 4.97. The molecule has 2 aromatic rings. The second-order valence-corrected chi connectivity index (χ2v) is 6.64. The average Bonchev–Trinajstić information content (AvgIpc) is 3.23. The molecule has 1 aromatic carbocycles. The molecule has 0 saturated heterocycles. The van der Waals surface area contributed by atoms with Gasteiger partial charge >= 0.3 is 0 Å². The van der Waals surface area contributed by atoms with E-state index in [1.54, 1.807) is 6.92 Å². The van der Waals surface area contributed by atoms with Crippen LogP contribution in [-0.2, 0) is 23.2 Å². The fourth-order valence-corrected chi connectivity index (χ4v) is 3.41. The Bertz CT molecular complexity index is 685. The number of hydrogen-bond acceptors (Lipinski definition) is 4. The fourth-order valence-electron chi connectivity index (χ4n) is 3.41. The Morgan fingerprint density at radius 3 is 2.46 bits per heavy atom. The highest BCUT2D eigenvalue weighted by molar-refractivity contribution is 5.77. The molecule has 5 heteroatoms. The number of carbonyl (C=O) groups excluding carboxylic acids is 1. The monoisotopic (exact) mass is 327 g/mol. The fraction of sp³-hybridized carbons (Fsp3) is 0.526. The first-order chi connectivity index (χ1) is 11.6. The second-order valence-electron chi connectivity index (χ2n) is 6.64. The number of nitrogens with zero attached hydrogens (tertiary/aromatic N) is 2. The van der Waals surface area contributed by atoms with Crippen molar-refractivity contribution in [2.75, 3.05) is 0 Å². The van der Waals surface area contributed by atoms with Gasteiger partial charge in [0.2, 0.25) is 11.8 Å². The van der Waals surface area contributed by atoms with E-state index in [-0.39, 0.29) is 5.91 Å². The maximum Gasteiger partial charge on any atom is 0.223 e. The first kappa shape index (κ1) is 16.7. The average molecular weight is 327 g/mol. The highest BCUT2D eigenvalue weighted by Crippen LogP contribution is 2.37. The SMILES string of the molecule is CCc1ccc(CCC(=O)NC2(c3noc(C)n3)CCCC2)cc1. The molecule has 1 fully saturated rings. The van der Waals surface area contributed by atoms with Crippen molar-refractivity contribution >= 4 is 5.91 Å². The molecule has 0 bridgehead atoms. The lowest BCUT2D eigenvalue weighted by atomic mass is 9.96. The Morgan fingerprint density at radius 2 is 1.88 bits per heavy atom. The summed E-state index contributed by atoms with van der Waals surface area (Å²) in [5.41, 5.74) is 2.07. The lowest BCUT2D eigenvalue weighted by Gasteiger charge is -2.26. The molecule has 5 nitrogen and oxygen atoms in total. The van der Waals surface area contributed by atoms with Crippen LogP contribution in [0, 0.1) is 6.92 Å². The summed E-state index contributed by atoms with van der Waals surface area (Å²) in [6.07, 6.45) is 6.17. The van der Waals surface area contributed by atoms with Gasteiger partial charge in [-0.3, -0.25) is 4.79 Å². The van der Waals surface area contributed by atoms with Crippen molar-refractivity contribution in [1.82, 2.24) is 15.5 Å². The summed E-state index contributed by atoms with van der Waals surface area (Å²) in [6.45, 7) is 3.92. The van der Waals surface area contributed by atoms with Gasteiger partial charge in [-0.05, 0) is 36.8 Å². The summed E-state index contributed by atoms with van der Waals surface area (Å²) < 4.78 is 5.12. The standard InChI is InChI=1S/C19H25N3O2/c1-3-15-6-8-16(9-7-15)10-11-17(23)21-19(12-4-5-13-19)18-20-14(2)24-22-18/h6-9H,3-5,10-13H2,1-2H3,(H,21,23). The maximum atomic E-state index is 12.5. The zero-order valence-electron chi connectivity index (χ0n) is 14.5. The highest BCUT2D eigenvalue weighted by atomic mass is 16.5. The van der Waals surface area contributed by atoms with Crippen LogP contribution in [-0.4, -0.2) is 16.0 Å². The van der Waals surface area contributed by atoms with Crippen molar-refractivity contribution in [2.45, 2.75) is 64.3 Å². The number of nitrogens with one attached hydrogen (secondary N) is 1. The smallest absolute Gasteiger partial charge is 0.223 e. The van der Waals surface area contributed by atoms with Crippen LogP contribution in [0.2, 0.25) is 0 Å². The van der Waals surface area contributed by atoms with Crippen LogP contribution in [0.5, 0.6) is 0 Å². The molecule has 128 valence electrons. The Morgan fingerprint density at radius 1 is 1.21 bits per heavy atom. The quantitative estimate of drug-likeness (QED) is 0.882. The third-order valence-corrected chi connectivity index (χ3v) is 4.86. The molecular formula is C19H25N3O2. The predicted molar refractivity (Wildman–Crippen MR) is 91.5 cm³/mol. The van der Waals surface area contributed by atoms with Gasteiger partial charge in [0.05, 0.1) is 0 Å². The number of aromatic nitrogens is 2. The van der Waals surface area contributed by atoms with Crippen LogP contribution in [0.15, 0.2) is 28.8 Å². The predicted octanol–water partition coefficient (Wildman–Crippen LogP) is 3.46. The number of aryl methyl sites for hydroxylation is 3. The summed E-state index contributed by atoms with van der Waals surface area (Å²) in [7, 11) is 0. The molecule has 0 spiro atoms. The van der Waals surface area contributed by atoms with Crippen molar-refractivity contribution in [1.29, 1.82) is 0 Å². The summed E-state index contributed by atoms with van der Waals surface area (Å²) in [6, 6.07) is 8.49. The molecule has 0 unspecified atom stereocenters. The summed E-state index contributed by atoms with van der Waals surface area (Å²) in [5, 5.41) is 7.25. The lowest BCUT2D eigenvalue weighted by Crippen LogP contribution is -2.44. The number of amides is 1. The van der Waals surface area contributed by atoms with Gasteiger partial charge in [0.25, 0.3) is 0 Å². The molecule has 3 rings (SSSR count). The maximum absolute atomic E-state index is 12.5. The topological polar surface area (TPSA) is 68.0 Å². The van der Waals surface area contributed by atoms with Gasteiger partial charge in [-0.15, -0.1) is 0 Å². The van der Waals surface area contributed by atoms with Gasteiger partial charge in [0.1, 0.15) is 5.54 Å². The zero-order chi connectivity index (χ0) is 17.0. The number of benzene rings is 1. The molecule has 1 heterocycles. The summed E-state index contributed by atoms with van der Waals surface area (Å²) in [5.74, 6) is 1.22. The summed E-state index contributed by atoms with van der Waals surface area (Å²) >= 11 is 0. The number of hydrogen-bond donors (Lipinski definition) is 1. The molecule has 1 N–H and O–H groups in total. The van der Waals surface area contributed by atoms with E-state index < -0.39 is 5.54 Å². The molecular weight excluding hydrogens is 302 g/mol. The van der Waals surface area contributed by atoms with Crippen LogP contribution in [0.4, 0.5) is 0 Å². The van der Waals surface area contributed by atoms with Gasteiger partial charge in [0, 0.05) is 13.3 Å². The zero-order valence-corrected chi connectivity index (χ0v) is 14.5. The normalized spacial score (nSPS) is 16.2. The Hall–Kier alpha value is -2.17. The third-order valence-electron chi connectivity index (χ3n) is 4.86. The van der Waals surface area contributed by atoms with Gasteiger partial charge in [-0.25, -0.2) is 0 Å². The van der Waals surface area contributed by atoms with E-state index in [9.17, 15) is 4.79 Å². The highest BCUT2D eigenvalue weighted by Gasteiger charge is 2.41. The molecule has 1 aliphatic rings. The minimum Gasteiger partial charge on any atom is -0.343 e. The third kappa shape index (κ3) is 3.66. The number of carbonyl (C=O) groups is 1. The van der Waals surface area contributed by atoms with E-state index in [1.807, 2.05) is 0 Å². The van der Waals surface area contributed by atoms with E-state index in [0.717, 1.165) is 38.5 Å². The van der Waals surface area contributed by atoms with Gasteiger partial charge in [-0.1, -0.05) is 49.2 Å². The van der Waals surface area contributed by atoms with E-state index in [1.165, 1.54) is 11.1 Å². The molecule has 1 saturated carbocycles. The molecule has 1 aromatic heterocycles. The van der Waals surface area contributed by atoms with E-state index in [4.69, 9.17) is 4.52 Å². The van der Waals surface area contributed by atoms with Gasteiger partial charge in [0.15, 0.2) is 5.82 Å². The van der Waals surface area contributed by atoms with Crippen LogP contribution in [0.25, 0.3) is 0 Å². The van der Waals surface area contributed by atoms with Gasteiger partial charge in [-0.2, -0.15) is 4.98 Å². The molecule has 24 heavy (non-hydrogen) atoms. The molecule has 1 aliphatic carbocycles. The van der Waals surface area contributed by atoms with Crippen LogP contribution < -0.4 is 5.32 Å².